The number of anilines is 1. The molecule has 106 valence electrons. The molecule has 2 atom stereocenters. The summed E-state index contributed by atoms with van der Waals surface area (Å²) >= 11 is 0. The van der Waals surface area contributed by atoms with E-state index in [4.69, 9.17) is 4.74 Å². The second kappa shape index (κ2) is 7.49. The van der Waals surface area contributed by atoms with Gasteiger partial charge in [-0.15, -0.1) is 0 Å². The Labute approximate surface area is 116 Å². The monoisotopic (exact) mass is 262 g/mol. The van der Waals surface area contributed by atoms with Crippen molar-refractivity contribution in [2.75, 3.05) is 11.9 Å². The van der Waals surface area contributed by atoms with Gasteiger partial charge in [0.25, 0.3) is 0 Å². The molecule has 2 unspecified atom stereocenters. The molecule has 0 saturated heterocycles. The van der Waals surface area contributed by atoms with Crippen molar-refractivity contribution >= 4 is 5.69 Å². The number of pyridine rings is 1. The first-order valence-electron chi connectivity index (χ1n) is 7.63. The highest BCUT2D eigenvalue weighted by Gasteiger charge is 2.24. The van der Waals surface area contributed by atoms with E-state index in [0.717, 1.165) is 23.8 Å². The lowest BCUT2D eigenvalue weighted by molar-refractivity contribution is -0.0234. The maximum absolute atomic E-state index is 6.12. The predicted molar refractivity (Wildman–Crippen MR) is 79.2 cm³/mol. The average Bonchev–Trinajstić information content (AvgIpc) is 2.46. The first-order valence-corrected chi connectivity index (χ1v) is 7.63. The molecule has 1 aromatic heterocycles. The smallest absolute Gasteiger partial charge is 0.0892 e. The zero-order valence-electron chi connectivity index (χ0n) is 12.2. The second-order valence-electron chi connectivity index (χ2n) is 5.37. The molecule has 19 heavy (non-hydrogen) atoms. The summed E-state index contributed by atoms with van der Waals surface area (Å²) in [6.45, 7) is 5.95. The van der Waals surface area contributed by atoms with Crippen molar-refractivity contribution in [3.05, 3.63) is 24.0 Å². The lowest BCUT2D eigenvalue weighted by Crippen LogP contribution is -2.27. The lowest BCUT2D eigenvalue weighted by Gasteiger charge is -2.30. The van der Waals surface area contributed by atoms with Gasteiger partial charge in [-0.1, -0.05) is 26.2 Å². The molecule has 0 aromatic carbocycles. The van der Waals surface area contributed by atoms with Crippen molar-refractivity contribution in [3.63, 3.8) is 0 Å². The van der Waals surface area contributed by atoms with E-state index in [1.165, 1.54) is 32.1 Å². The molecular formula is C16H26N2O. The fourth-order valence-corrected chi connectivity index (χ4v) is 2.92. The molecule has 3 nitrogen and oxygen atoms in total. The first-order chi connectivity index (χ1) is 9.33. The van der Waals surface area contributed by atoms with Gasteiger partial charge in [-0.2, -0.15) is 0 Å². The molecule has 1 aliphatic carbocycles. The first kappa shape index (κ1) is 14.3. The minimum atomic E-state index is 0.434. The third-order valence-corrected chi connectivity index (χ3v) is 4.01. The van der Waals surface area contributed by atoms with E-state index in [-0.39, 0.29) is 0 Å². The van der Waals surface area contributed by atoms with Crippen LogP contribution in [0.25, 0.3) is 0 Å². The highest BCUT2D eigenvalue weighted by molar-refractivity contribution is 5.42. The van der Waals surface area contributed by atoms with Crippen molar-refractivity contribution < 1.29 is 4.74 Å². The summed E-state index contributed by atoms with van der Waals surface area (Å²) in [7, 11) is 0. The zero-order chi connectivity index (χ0) is 13.5. The van der Waals surface area contributed by atoms with Gasteiger partial charge in [0, 0.05) is 18.4 Å². The summed E-state index contributed by atoms with van der Waals surface area (Å²) in [4.78, 5) is 4.39. The number of ether oxygens (including phenoxy) is 1. The van der Waals surface area contributed by atoms with Crippen LogP contribution in [0.2, 0.25) is 0 Å². The largest absolute Gasteiger partial charge is 0.385 e. The van der Waals surface area contributed by atoms with Crippen LogP contribution < -0.4 is 5.32 Å². The van der Waals surface area contributed by atoms with Gasteiger partial charge in [0.1, 0.15) is 0 Å². The summed E-state index contributed by atoms with van der Waals surface area (Å²) in [5.41, 5.74) is 2.16. The third kappa shape index (κ3) is 4.20. The third-order valence-electron chi connectivity index (χ3n) is 4.01. The molecule has 1 N–H and O–H groups in total. The Bertz CT molecular complexity index is 381. The number of rotatable bonds is 6. The highest BCUT2D eigenvalue weighted by atomic mass is 16.5. The van der Waals surface area contributed by atoms with Crippen LogP contribution in [-0.2, 0) is 11.3 Å². The van der Waals surface area contributed by atoms with Gasteiger partial charge in [-0.3, -0.25) is 4.98 Å². The van der Waals surface area contributed by atoms with Crippen molar-refractivity contribution in [2.45, 2.75) is 58.7 Å². The minimum Gasteiger partial charge on any atom is -0.385 e. The molecule has 1 aliphatic rings. The lowest BCUT2D eigenvalue weighted by atomic mass is 9.85. The summed E-state index contributed by atoms with van der Waals surface area (Å²) in [5, 5.41) is 3.31. The number of nitrogens with one attached hydrogen (secondary N) is 1. The topological polar surface area (TPSA) is 34.2 Å². The molecule has 1 heterocycles. The van der Waals surface area contributed by atoms with Gasteiger partial charge < -0.3 is 10.1 Å². The molecule has 0 radical (unpaired) electrons. The van der Waals surface area contributed by atoms with Crippen LogP contribution >= 0.6 is 0 Å². The van der Waals surface area contributed by atoms with Gasteiger partial charge in [0.2, 0.25) is 0 Å². The quantitative estimate of drug-likeness (QED) is 0.841. The molecule has 0 bridgehead atoms. The SMILES string of the molecule is CCNc1ccnc(COC2CCCCC2CC)c1. The highest BCUT2D eigenvalue weighted by Crippen LogP contribution is 2.29. The summed E-state index contributed by atoms with van der Waals surface area (Å²) in [6, 6.07) is 4.09. The van der Waals surface area contributed by atoms with Crippen LogP contribution in [0, 0.1) is 5.92 Å². The van der Waals surface area contributed by atoms with E-state index < -0.39 is 0 Å². The van der Waals surface area contributed by atoms with Crippen molar-refractivity contribution in [1.29, 1.82) is 0 Å². The molecule has 2 rings (SSSR count). The summed E-state index contributed by atoms with van der Waals surface area (Å²) in [6.07, 6.45) is 8.74. The fraction of sp³-hybridized carbons (Fsp3) is 0.688. The van der Waals surface area contributed by atoms with Crippen LogP contribution in [0.5, 0.6) is 0 Å². The molecule has 0 amide bonds. The maximum Gasteiger partial charge on any atom is 0.0892 e. The van der Waals surface area contributed by atoms with Gasteiger partial charge in [-0.25, -0.2) is 0 Å². The Morgan fingerprint density at radius 3 is 2.95 bits per heavy atom. The van der Waals surface area contributed by atoms with E-state index in [9.17, 15) is 0 Å². The summed E-state index contributed by atoms with van der Waals surface area (Å²) < 4.78 is 6.12. The molecule has 1 saturated carbocycles. The van der Waals surface area contributed by atoms with E-state index in [1.807, 2.05) is 12.3 Å². The number of nitrogens with zero attached hydrogens (tertiary/aromatic N) is 1. The van der Waals surface area contributed by atoms with E-state index in [1.54, 1.807) is 0 Å². The van der Waals surface area contributed by atoms with Crippen LogP contribution in [-0.4, -0.2) is 17.6 Å². The van der Waals surface area contributed by atoms with Gasteiger partial charge >= 0.3 is 0 Å². The maximum atomic E-state index is 6.12. The standard InChI is InChI=1S/C16H26N2O/c1-3-13-7-5-6-8-16(13)19-12-15-11-14(17-4-2)9-10-18-15/h9-11,13,16H,3-8,12H2,1-2H3,(H,17,18). The van der Waals surface area contributed by atoms with Gasteiger partial charge in [0.05, 0.1) is 18.4 Å². The minimum absolute atomic E-state index is 0.434. The number of aromatic nitrogens is 1. The van der Waals surface area contributed by atoms with E-state index in [2.05, 4.69) is 30.2 Å². The Morgan fingerprint density at radius 1 is 1.32 bits per heavy atom. The Kier molecular flexibility index (Phi) is 5.64. The number of hydrogen-bond acceptors (Lipinski definition) is 3. The molecule has 3 heteroatoms. The zero-order valence-corrected chi connectivity index (χ0v) is 12.2. The molecule has 0 aliphatic heterocycles. The van der Waals surface area contributed by atoms with Crippen molar-refractivity contribution in [2.24, 2.45) is 5.92 Å². The Hall–Kier alpha value is -1.09. The number of hydrogen-bond donors (Lipinski definition) is 1. The predicted octanol–water partition coefficient (Wildman–Crippen LogP) is 4.00. The normalized spacial score (nSPS) is 23.3. The van der Waals surface area contributed by atoms with Crippen molar-refractivity contribution in [1.82, 2.24) is 4.98 Å². The molecule has 1 fully saturated rings. The molecule has 0 spiro atoms. The van der Waals surface area contributed by atoms with E-state index >= 15 is 0 Å². The molecular weight excluding hydrogens is 236 g/mol. The van der Waals surface area contributed by atoms with Gasteiger partial charge in [-0.05, 0) is 37.8 Å². The average molecular weight is 262 g/mol. The second-order valence-corrected chi connectivity index (χ2v) is 5.37. The van der Waals surface area contributed by atoms with E-state index in [0.29, 0.717) is 12.7 Å². The van der Waals surface area contributed by atoms with Crippen molar-refractivity contribution in [3.8, 4) is 0 Å². The Balaban J connectivity index is 1.88. The fourth-order valence-electron chi connectivity index (χ4n) is 2.92. The molecule has 1 aromatic rings. The van der Waals surface area contributed by atoms with Crippen LogP contribution in [0.4, 0.5) is 5.69 Å². The van der Waals surface area contributed by atoms with Crippen LogP contribution in [0.15, 0.2) is 18.3 Å². The van der Waals surface area contributed by atoms with Crippen LogP contribution in [0.1, 0.15) is 51.6 Å². The van der Waals surface area contributed by atoms with Crippen LogP contribution in [0.3, 0.4) is 0 Å². The summed E-state index contributed by atoms with van der Waals surface area (Å²) in [5.74, 6) is 0.741. The Morgan fingerprint density at radius 2 is 2.16 bits per heavy atom. The van der Waals surface area contributed by atoms with Gasteiger partial charge in [0.15, 0.2) is 0 Å².